The van der Waals surface area contributed by atoms with Crippen molar-refractivity contribution in [3.05, 3.63) is 0 Å². The topological polar surface area (TPSA) is 49.6 Å². The predicted molar refractivity (Wildman–Crippen MR) is 73.9 cm³/mol. The van der Waals surface area contributed by atoms with E-state index in [0.717, 1.165) is 13.1 Å². The van der Waals surface area contributed by atoms with E-state index >= 15 is 0 Å². The first-order valence-electron chi connectivity index (χ1n) is 5.89. The molecule has 0 spiro atoms. The SMILES string of the molecule is CC1CN2CCCC2CN1C(=O)[C@H](C)N.Cl.Cl. The number of nitrogens with zero attached hydrogens (tertiary/aromatic N) is 2. The van der Waals surface area contributed by atoms with Gasteiger partial charge in [-0.25, -0.2) is 0 Å². The number of hydrogen-bond acceptors (Lipinski definition) is 3. The summed E-state index contributed by atoms with van der Waals surface area (Å²) < 4.78 is 0. The van der Waals surface area contributed by atoms with Crippen molar-refractivity contribution in [2.75, 3.05) is 19.6 Å². The van der Waals surface area contributed by atoms with Gasteiger partial charge < -0.3 is 10.6 Å². The summed E-state index contributed by atoms with van der Waals surface area (Å²) in [5.41, 5.74) is 5.66. The number of halogens is 2. The maximum absolute atomic E-state index is 11.9. The van der Waals surface area contributed by atoms with Crippen LogP contribution in [-0.2, 0) is 4.79 Å². The highest BCUT2D eigenvalue weighted by Gasteiger charge is 2.36. The van der Waals surface area contributed by atoms with Crippen molar-refractivity contribution in [1.82, 2.24) is 9.80 Å². The Balaban J connectivity index is 0.00000128. The van der Waals surface area contributed by atoms with Crippen LogP contribution in [0.3, 0.4) is 0 Å². The van der Waals surface area contributed by atoms with Crippen LogP contribution < -0.4 is 5.73 Å². The van der Waals surface area contributed by atoms with E-state index < -0.39 is 0 Å². The van der Waals surface area contributed by atoms with E-state index in [9.17, 15) is 4.79 Å². The zero-order valence-corrected chi connectivity index (χ0v) is 12.1. The van der Waals surface area contributed by atoms with Gasteiger partial charge in [-0.1, -0.05) is 0 Å². The number of piperazine rings is 1. The summed E-state index contributed by atoms with van der Waals surface area (Å²) in [6.45, 7) is 6.99. The molecular formula is C11H23Cl2N3O. The summed E-state index contributed by atoms with van der Waals surface area (Å²) in [7, 11) is 0. The summed E-state index contributed by atoms with van der Waals surface area (Å²) in [5.74, 6) is 0.106. The second-order valence-electron chi connectivity index (χ2n) is 4.92. The van der Waals surface area contributed by atoms with Crippen LogP contribution in [0.5, 0.6) is 0 Å². The molecule has 2 unspecified atom stereocenters. The predicted octanol–water partition coefficient (Wildman–Crippen LogP) is 0.872. The van der Waals surface area contributed by atoms with E-state index in [-0.39, 0.29) is 36.8 Å². The summed E-state index contributed by atoms with van der Waals surface area (Å²) in [6.07, 6.45) is 2.51. The van der Waals surface area contributed by atoms with Gasteiger partial charge in [0.05, 0.1) is 6.04 Å². The summed E-state index contributed by atoms with van der Waals surface area (Å²) in [4.78, 5) is 16.4. The summed E-state index contributed by atoms with van der Waals surface area (Å²) >= 11 is 0. The molecular weight excluding hydrogens is 261 g/mol. The van der Waals surface area contributed by atoms with E-state index in [1.807, 2.05) is 4.90 Å². The highest BCUT2D eigenvalue weighted by Crippen LogP contribution is 2.24. The minimum Gasteiger partial charge on any atom is -0.336 e. The van der Waals surface area contributed by atoms with Crippen LogP contribution in [0.2, 0.25) is 0 Å². The molecule has 1 amide bonds. The lowest BCUT2D eigenvalue weighted by atomic mass is 10.1. The normalized spacial score (nSPS) is 29.9. The molecule has 2 N–H and O–H groups in total. The van der Waals surface area contributed by atoms with Crippen molar-refractivity contribution < 1.29 is 4.79 Å². The molecule has 0 aromatic carbocycles. The molecule has 102 valence electrons. The zero-order valence-electron chi connectivity index (χ0n) is 10.5. The molecule has 2 rings (SSSR count). The van der Waals surface area contributed by atoms with Gasteiger partial charge in [0.15, 0.2) is 0 Å². The van der Waals surface area contributed by atoms with Gasteiger partial charge in [-0.2, -0.15) is 0 Å². The molecule has 4 nitrogen and oxygen atoms in total. The molecule has 0 aromatic rings. The molecule has 2 fully saturated rings. The van der Waals surface area contributed by atoms with Crippen LogP contribution in [0.1, 0.15) is 26.7 Å². The number of carbonyl (C=O) groups is 1. The van der Waals surface area contributed by atoms with Crippen molar-refractivity contribution in [3.8, 4) is 0 Å². The first-order valence-corrected chi connectivity index (χ1v) is 5.89. The lowest BCUT2D eigenvalue weighted by Gasteiger charge is -2.42. The number of hydrogen-bond donors (Lipinski definition) is 1. The maximum Gasteiger partial charge on any atom is 0.239 e. The molecule has 0 bridgehead atoms. The van der Waals surface area contributed by atoms with E-state index in [2.05, 4.69) is 11.8 Å². The van der Waals surface area contributed by atoms with E-state index in [1.54, 1.807) is 6.92 Å². The van der Waals surface area contributed by atoms with E-state index in [1.165, 1.54) is 19.4 Å². The smallest absolute Gasteiger partial charge is 0.239 e. The third kappa shape index (κ3) is 3.47. The lowest BCUT2D eigenvalue weighted by molar-refractivity contribution is -0.137. The van der Waals surface area contributed by atoms with Gasteiger partial charge in [0.25, 0.3) is 0 Å². The van der Waals surface area contributed by atoms with Crippen LogP contribution in [0.25, 0.3) is 0 Å². The quantitative estimate of drug-likeness (QED) is 0.777. The number of carbonyl (C=O) groups excluding carboxylic acids is 1. The summed E-state index contributed by atoms with van der Waals surface area (Å²) in [6, 6.07) is 0.544. The van der Waals surface area contributed by atoms with E-state index in [0.29, 0.717) is 12.1 Å². The van der Waals surface area contributed by atoms with Crippen molar-refractivity contribution >= 4 is 30.7 Å². The fourth-order valence-electron chi connectivity index (χ4n) is 2.76. The number of amides is 1. The van der Waals surface area contributed by atoms with Gasteiger partial charge >= 0.3 is 0 Å². The van der Waals surface area contributed by atoms with Crippen molar-refractivity contribution in [2.24, 2.45) is 5.73 Å². The van der Waals surface area contributed by atoms with Crippen molar-refractivity contribution in [1.29, 1.82) is 0 Å². The summed E-state index contributed by atoms with van der Waals surface area (Å²) in [5, 5.41) is 0. The monoisotopic (exact) mass is 283 g/mol. The molecule has 2 aliphatic heterocycles. The van der Waals surface area contributed by atoms with Gasteiger partial charge in [0, 0.05) is 25.2 Å². The molecule has 2 heterocycles. The first kappa shape index (κ1) is 17.0. The Kier molecular flexibility index (Phi) is 6.77. The molecule has 0 radical (unpaired) electrons. The first-order chi connectivity index (χ1) is 7.09. The van der Waals surface area contributed by atoms with Crippen LogP contribution in [0, 0.1) is 0 Å². The van der Waals surface area contributed by atoms with Gasteiger partial charge in [-0.15, -0.1) is 24.8 Å². The van der Waals surface area contributed by atoms with Gasteiger partial charge in [0.1, 0.15) is 0 Å². The standard InChI is InChI=1S/C11H21N3O.2ClH/c1-8-6-13-5-3-4-10(13)7-14(8)11(15)9(2)12;;/h8-10H,3-7,12H2,1-2H3;2*1H/t8?,9-,10?;;/m0../s1. The lowest BCUT2D eigenvalue weighted by Crippen LogP contribution is -2.59. The minimum atomic E-state index is -0.361. The van der Waals surface area contributed by atoms with Crippen molar-refractivity contribution in [3.63, 3.8) is 0 Å². The zero-order chi connectivity index (χ0) is 11.0. The minimum absolute atomic E-state index is 0. The molecule has 2 aliphatic rings. The van der Waals surface area contributed by atoms with Crippen molar-refractivity contribution in [2.45, 2.75) is 44.8 Å². The van der Waals surface area contributed by atoms with Gasteiger partial charge in [0.2, 0.25) is 5.91 Å². The Morgan fingerprint density at radius 3 is 2.59 bits per heavy atom. The average Bonchev–Trinajstić information content (AvgIpc) is 2.62. The van der Waals surface area contributed by atoms with Crippen LogP contribution >= 0.6 is 24.8 Å². The Hall–Kier alpha value is -0.0300. The van der Waals surface area contributed by atoms with Crippen LogP contribution in [-0.4, -0.2) is 53.5 Å². The van der Waals surface area contributed by atoms with Gasteiger partial charge in [-0.05, 0) is 33.2 Å². The van der Waals surface area contributed by atoms with Gasteiger partial charge in [-0.3, -0.25) is 9.69 Å². The Morgan fingerprint density at radius 1 is 1.35 bits per heavy atom. The molecule has 0 aliphatic carbocycles. The highest BCUT2D eigenvalue weighted by atomic mass is 35.5. The largest absolute Gasteiger partial charge is 0.336 e. The third-order valence-corrected chi connectivity index (χ3v) is 3.61. The second kappa shape index (κ2) is 6.78. The number of rotatable bonds is 1. The Bertz CT molecular complexity index is 263. The molecule has 0 aromatic heterocycles. The van der Waals surface area contributed by atoms with Crippen LogP contribution in [0.4, 0.5) is 0 Å². The number of nitrogens with two attached hydrogens (primary N) is 1. The fourth-order valence-corrected chi connectivity index (χ4v) is 2.76. The maximum atomic E-state index is 11.9. The molecule has 2 saturated heterocycles. The van der Waals surface area contributed by atoms with Crippen LogP contribution in [0.15, 0.2) is 0 Å². The molecule has 0 saturated carbocycles. The Morgan fingerprint density at radius 2 is 2.00 bits per heavy atom. The van der Waals surface area contributed by atoms with E-state index in [4.69, 9.17) is 5.73 Å². The second-order valence-corrected chi connectivity index (χ2v) is 4.92. The number of fused-ring (bicyclic) bond motifs is 1. The molecule has 17 heavy (non-hydrogen) atoms. The molecule has 3 atom stereocenters. The average molecular weight is 284 g/mol. The molecule has 6 heteroatoms. The third-order valence-electron chi connectivity index (χ3n) is 3.61. The fraction of sp³-hybridized carbons (Fsp3) is 0.909. The highest BCUT2D eigenvalue weighted by molar-refractivity contribution is 5.85. The Labute approximate surface area is 116 Å².